The third-order valence-electron chi connectivity index (χ3n) is 3.13. The molecule has 108 valence electrons. The molecular weight excluding hydrogens is 284 g/mol. The normalized spacial score (nSPS) is 11.3. The van der Waals surface area contributed by atoms with Crippen LogP contribution in [0.25, 0.3) is 0 Å². The summed E-state index contributed by atoms with van der Waals surface area (Å²) in [6.45, 7) is 4.03. The summed E-state index contributed by atoms with van der Waals surface area (Å²) in [6.07, 6.45) is 0.728. The van der Waals surface area contributed by atoms with E-state index in [-0.39, 0.29) is 5.91 Å². The Balaban J connectivity index is 2.16. The highest BCUT2D eigenvalue weighted by Gasteiger charge is 2.09. The van der Waals surface area contributed by atoms with Crippen molar-refractivity contribution < 1.29 is 4.79 Å². The number of nitrogens with one attached hydrogen (secondary N) is 1. The maximum absolute atomic E-state index is 12.1. The molecule has 3 nitrogen and oxygen atoms in total. The molecule has 0 heterocycles. The number of carbonyl (C=O) groups is 1. The van der Waals surface area contributed by atoms with Crippen LogP contribution in [0.2, 0.25) is 5.02 Å². The maximum Gasteiger partial charge on any atom is 0.272 e. The van der Waals surface area contributed by atoms with E-state index >= 15 is 0 Å². The molecule has 1 amide bonds. The number of nitrogens with zero attached hydrogens (tertiary/aromatic N) is 1. The van der Waals surface area contributed by atoms with Crippen LogP contribution in [0.5, 0.6) is 0 Å². The number of hydrazone groups is 1. The highest BCUT2D eigenvalue weighted by atomic mass is 35.5. The molecule has 2 aromatic carbocycles. The average molecular weight is 301 g/mol. The third-order valence-corrected chi connectivity index (χ3v) is 3.46. The predicted octanol–water partition coefficient (Wildman–Crippen LogP) is 4.19. The molecule has 0 aliphatic carbocycles. The lowest BCUT2D eigenvalue weighted by Crippen LogP contribution is -2.20. The summed E-state index contributed by atoms with van der Waals surface area (Å²) in [5, 5.41) is 4.63. The Morgan fingerprint density at radius 2 is 1.81 bits per heavy atom. The van der Waals surface area contributed by atoms with E-state index in [0.717, 1.165) is 17.7 Å². The van der Waals surface area contributed by atoms with Crippen LogP contribution in [0.3, 0.4) is 0 Å². The minimum absolute atomic E-state index is 0.307. The zero-order valence-corrected chi connectivity index (χ0v) is 12.8. The Labute approximate surface area is 129 Å². The first-order valence-electron chi connectivity index (χ1n) is 6.80. The van der Waals surface area contributed by atoms with Crippen molar-refractivity contribution in [2.75, 3.05) is 0 Å². The van der Waals surface area contributed by atoms with Crippen LogP contribution < -0.4 is 5.43 Å². The molecule has 0 fully saturated rings. The Bertz CT molecular complexity index is 663. The van der Waals surface area contributed by atoms with E-state index in [1.54, 1.807) is 24.3 Å². The molecule has 4 heteroatoms. The van der Waals surface area contributed by atoms with Gasteiger partial charge >= 0.3 is 0 Å². The molecule has 0 radical (unpaired) electrons. The molecule has 0 bridgehead atoms. The van der Waals surface area contributed by atoms with E-state index in [1.807, 2.05) is 38.1 Å². The largest absolute Gasteiger partial charge is 0.272 e. The van der Waals surface area contributed by atoms with Crippen LogP contribution in [0.15, 0.2) is 53.6 Å². The molecule has 0 saturated carbocycles. The van der Waals surface area contributed by atoms with Gasteiger partial charge in [0.05, 0.1) is 16.3 Å². The molecular formula is C17H17ClN2O. The second kappa shape index (κ2) is 7.04. The van der Waals surface area contributed by atoms with E-state index in [1.165, 1.54) is 5.56 Å². The minimum Gasteiger partial charge on any atom is -0.267 e. The van der Waals surface area contributed by atoms with Crippen LogP contribution in [0, 0.1) is 6.92 Å². The van der Waals surface area contributed by atoms with Crippen molar-refractivity contribution in [1.29, 1.82) is 0 Å². The molecule has 0 aliphatic rings. The summed E-state index contributed by atoms with van der Waals surface area (Å²) in [5.74, 6) is -0.307. The highest BCUT2D eigenvalue weighted by Crippen LogP contribution is 2.14. The van der Waals surface area contributed by atoms with Gasteiger partial charge in [-0.2, -0.15) is 5.10 Å². The first-order valence-corrected chi connectivity index (χ1v) is 7.18. The predicted molar refractivity (Wildman–Crippen MR) is 86.9 cm³/mol. The molecule has 0 atom stereocenters. The SMILES string of the molecule is CCC(=NNC(=O)c1ccccc1Cl)c1ccc(C)cc1. The number of hydrogen-bond acceptors (Lipinski definition) is 2. The molecule has 1 N–H and O–H groups in total. The van der Waals surface area contributed by atoms with Gasteiger partial charge in [0.2, 0.25) is 0 Å². The van der Waals surface area contributed by atoms with Crippen LogP contribution in [0.1, 0.15) is 34.8 Å². The molecule has 0 unspecified atom stereocenters. The van der Waals surface area contributed by atoms with E-state index in [9.17, 15) is 4.79 Å². The zero-order chi connectivity index (χ0) is 15.2. The lowest BCUT2D eigenvalue weighted by molar-refractivity contribution is 0.0955. The standard InChI is InChI=1S/C17H17ClN2O/c1-3-16(13-10-8-12(2)9-11-13)19-20-17(21)14-6-4-5-7-15(14)18/h4-11H,3H2,1-2H3,(H,20,21). The van der Waals surface area contributed by atoms with Gasteiger partial charge < -0.3 is 0 Å². The average Bonchev–Trinajstić information content (AvgIpc) is 2.49. The molecule has 0 aromatic heterocycles. The highest BCUT2D eigenvalue weighted by molar-refractivity contribution is 6.33. The van der Waals surface area contributed by atoms with Crippen molar-refractivity contribution >= 4 is 23.2 Å². The number of halogens is 1. The summed E-state index contributed by atoms with van der Waals surface area (Å²) >= 11 is 5.99. The lowest BCUT2D eigenvalue weighted by Gasteiger charge is -2.06. The molecule has 0 spiro atoms. The van der Waals surface area contributed by atoms with Gasteiger partial charge in [-0.25, -0.2) is 5.43 Å². The molecule has 21 heavy (non-hydrogen) atoms. The second-order valence-corrected chi connectivity index (χ2v) is 5.11. The number of hydrogen-bond donors (Lipinski definition) is 1. The van der Waals surface area contributed by atoms with Gasteiger partial charge in [-0.15, -0.1) is 0 Å². The third kappa shape index (κ3) is 3.92. The topological polar surface area (TPSA) is 41.5 Å². The second-order valence-electron chi connectivity index (χ2n) is 4.70. The summed E-state index contributed by atoms with van der Waals surface area (Å²) in [7, 11) is 0. The van der Waals surface area contributed by atoms with Crippen LogP contribution in [-0.4, -0.2) is 11.6 Å². The van der Waals surface area contributed by atoms with Gasteiger partial charge in [-0.3, -0.25) is 4.79 Å². The summed E-state index contributed by atoms with van der Waals surface area (Å²) in [4.78, 5) is 12.1. The van der Waals surface area contributed by atoms with Crippen molar-refractivity contribution in [3.05, 3.63) is 70.2 Å². The smallest absolute Gasteiger partial charge is 0.267 e. The van der Waals surface area contributed by atoms with Crippen LogP contribution in [0.4, 0.5) is 0 Å². The van der Waals surface area contributed by atoms with Gasteiger partial charge in [0, 0.05) is 0 Å². The Morgan fingerprint density at radius 3 is 2.43 bits per heavy atom. The van der Waals surface area contributed by atoms with Crippen molar-refractivity contribution in [2.45, 2.75) is 20.3 Å². The summed E-state index contributed by atoms with van der Waals surface area (Å²) < 4.78 is 0. The number of aryl methyl sites for hydroxylation is 1. The molecule has 2 rings (SSSR count). The Morgan fingerprint density at radius 1 is 1.14 bits per heavy atom. The fourth-order valence-electron chi connectivity index (χ4n) is 1.92. The van der Waals surface area contributed by atoms with E-state index in [4.69, 9.17) is 11.6 Å². The lowest BCUT2D eigenvalue weighted by atomic mass is 10.1. The van der Waals surface area contributed by atoms with Gasteiger partial charge in [-0.1, -0.05) is 60.5 Å². The van der Waals surface area contributed by atoms with Gasteiger partial charge in [0.1, 0.15) is 0 Å². The van der Waals surface area contributed by atoms with Crippen LogP contribution >= 0.6 is 11.6 Å². The molecule has 0 saturated heterocycles. The van der Waals surface area contributed by atoms with Crippen molar-refractivity contribution in [3.63, 3.8) is 0 Å². The summed E-state index contributed by atoms with van der Waals surface area (Å²) in [6, 6.07) is 15.0. The number of carbonyl (C=O) groups excluding carboxylic acids is 1. The Kier molecular flexibility index (Phi) is 5.12. The van der Waals surface area contributed by atoms with E-state index in [2.05, 4.69) is 10.5 Å². The van der Waals surface area contributed by atoms with Crippen molar-refractivity contribution in [2.24, 2.45) is 5.10 Å². The van der Waals surface area contributed by atoms with Crippen molar-refractivity contribution in [1.82, 2.24) is 5.43 Å². The molecule has 0 aliphatic heterocycles. The number of benzene rings is 2. The number of amides is 1. The minimum atomic E-state index is -0.307. The van der Waals surface area contributed by atoms with E-state index in [0.29, 0.717) is 10.6 Å². The van der Waals surface area contributed by atoms with E-state index < -0.39 is 0 Å². The van der Waals surface area contributed by atoms with Gasteiger partial charge in [-0.05, 0) is 31.0 Å². The fourth-order valence-corrected chi connectivity index (χ4v) is 2.14. The van der Waals surface area contributed by atoms with Gasteiger partial charge in [0.15, 0.2) is 0 Å². The van der Waals surface area contributed by atoms with Crippen molar-refractivity contribution in [3.8, 4) is 0 Å². The first-order chi connectivity index (χ1) is 10.1. The first kappa shape index (κ1) is 15.3. The van der Waals surface area contributed by atoms with Crippen LogP contribution in [-0.2, 0) is 0 Å². The Hall–Kier alpha value is -2.13. The maximum atomic E-state index is 12.1. The quantitative estimate of drug-likeness (QED) is 0.667. The monoisotopic (exact) mass is 300 g/mol. The fraction of sp³-hybridized carbons (Fsp3) is 0.176. The zero-order valence-electron chi connectivity index (χ0n) is 12.1. The van der Waals surface area contributed by atoms with Gasteiger partial charge in [0.25, 0.3) is 5.91 Å². The summed E-state index contributed by atoms with van der Waals surface area (Å²) in [5.41, 5.74) is 6.01. The number of rotatable bonds is 4. The molecule has 2 aromatic rings.